The first-order valence-corrected chi connectivity index (χ1v) is 11.8. The van der Waals surface area contributed by atoms with Crippen LogP contribution >= 0.6 is 0 Å². The fourth-order valence-corrected chi connectivity index (χ4v) is 4.73. The van der Waals surface area contributed by atoms with Crippen LogP contribution in [-0.4, -0.2) is 69.2 Å². The number of hydrogen-bond acceptors (Lipinski definition) is 6. The van der Waals surface area contributed by atoms with Gasteiger partial charge in [-0.15, -0.1) is 0 Å². The highest BCUT2D eigenvalue weighted by Gasteiger charge is 2.24. The van der Waals surface area contributed by atoms with Gasteiger partial charge in [-0.3, -0.25) is 4.90 Å². The molecule has 4 rings (SSSR count). The number of nitrogens with one attached hydrogen (secondary N) is 1. The Morgan fingerprint density at radius 1 is 1.09 bits per heavy atom. The number of fused-ring (bicyclic) bond motifs is 1. The molecule has 0 spiro atoms. The first kappa shape index (κ1) is 23.2. The highest BCUT2D eigenvalue weighted by Crippen LogP contribution is 2.32. The van der Waals surface area contributed by atoms with Gasteiger partial charge in [-0.25, -0.2) is 0 Å². The highest BCUT2D eigenvalue weighted by molar-refractivity contribution is 5.31. The fourth-order valence-electron chi connectivity index (χ4n) is 4.73. The SMILES string of the molecule is COc1ccc([C@H](CNC[C@@H](O)CO[C@@H]2CCCc3ccccc32)N2CCOCC2)cc1. The molecule has 0 unspecified atom stereocenters. The zero-order valence-electron chi connectivity index (χ0n) is 19.0. The Hall–Kier alpha value is -1.96. The minimum absolute atomic E-state index is 0.0926. The quantitative estimate of drug-likeness (QED) is 0.592. The van der Waals surface area contributed by atoms with E-state index in [0.29, 0.717) is 13.2 Å². The van der Waals surface area contributed by atoms with Crippen LogP contribution in [0, 0.1) is 0 Å². The molecule has 0 saturated carbocycles. The van der Waals surface area contributed by atoms with Crippen molar-refractivity contribution in [2.45, 2.75) is 37.5 Å². The summed E-state index contributed by atoms with van der Waals surface area (Å²) in [5, 5.41) is 14.0. The molecule has 2 aliphatic rings. The molecule has 0 radical (unpaired) electrons. The zero-order valence-corrected chi connectivity index (χ0v) is 19.0. The number of benzene rings is 2. The molecule has 0 bridgehead atoms. The predicted octanol–water partition coefficient (Wildman–Crippen LogP) is 3.11. The molecule has 2 aromatic carbocycles. The molecule has 174 valence electrons. The number of nitrogens with zero attached hydrogens (tertiary/aromatic N) is 1. The van der Waals surface area contributed by atoms with E-state index < -0.39 is 6.10 Å². The number of ether oxygens (including phenoxy) is 3. The van der Waals surface area contributed by atoms with E-state index >= 15 is 0 Å². The van der Waals surface area contributed by atoms with Crippen molar-refractivity contribution in [2.24, 2.45) is 0 Å². The van der Waals surface area contributed by atoms with Crippen molar-refractivity contribution in [2.75, 3.05) is 53.1 Å². The molecule has 1 saturated heterocycles. The van der Waals surface area contributed by atoms with Crippen molar-refractivity contribution in [1.82, 2.24) is 10.2 Å². The molecule has 1 heterocycles. The molecule has 3 atom stereocenters. The first-order chi connectivity index (χ1) is 15.7. The minimum atomic E-state index is -0.537. The van der Waals surface area contributed by atoms with Crippen LogP contribution in [-0.2, 0) is 15.9 Å². The van der Waals surface area contributed by atoms with Crippen molar-refractivity contribution in [3.05, 3.63) is 65.2 Å². The number of morpholine rings is 1. The molecule has 0 amide bonds. The first-order valence-electron chi connectivity index (χ1n) is 11.8. The molecule has 1 aliphatic carbocycles. The molecular formula is C26H36N2O4. The van der Waals surface area contributed by atoms with Crippen LogP contribution in [0.5, 0.6) is 5.75 Å². The van der Waals surface area contributed by atoms with E-state index in [1.807, 2.05) is 12.1 Å². The zero-order chi connectivity index (χ0) is 22.2. The summed E-state index contributed by atoms with van der Waals surface area (Å²) in [6.07, 6.45) is 2.83. The van der Waals surface area contributed by atoms with Crippen molar-refractivity contribution in [1.29, 1.82) is 0 Å². The fraction of sp³-hybridized carbons (Fsp3) is 0.538. The van der Waals surface area contributed by atoms with Crippen molar-refractivity contribution in [3.63, 3.8) is 0 Å². The van der Waals surface area contributed by atoms with Gasteiger partial charge in [0.05, 0.1) is 39.1 Å². The van der Waals surface area contributed by atoms with Crippen LogP contribution in [0.3, 0.4) is 0 Å². The highest BCUT2D eigenvalue weighted by atomic mass is 16.5. The largest absolute Gasteiger partial charge is 0.497 e. The Kier molecular flexibility index (Phi) is 8.54. The van der Waals surface area contributed by atoms with Gasteiger partial charge in [0, 0.05) is 32.2 Å². The maximum absolute atomic E-state index is 10.6. The Balaban J connectivity index is 1.28. The van der Waals surface area contributed by atoms with Gasteiger partial charge < -0.3 is 24.6 Å². The van der Waals surface area contributed by atoms with E-state index in [9.17, 15) is 5.11 Å². The lowest BCUT2D eigenvalue weighted by Crippen LogP contribution is -2.44. The van der Waals surface area contributed by atoms with E-state index in [0.717, 1.165) is 57.9 Å². The Morgan fingerprint density at radius 3 is 2.66 bits per heavy atom. The number of aliphatic hydroxyl groups excluding tert-OH is 1. The minimum Gasteiger partial charge on any atom is -0.497 e. The summed E-state index contributed by atoms with van der Waals surface area (Å²) in [5.74, 6) is 0.860. The van der Waals surface area contributed by atoms with Crippen molar-refractivity contribution < 1.29 is 19.3 Å². The summed E-state index contributed by atoms with van der Waals surface area (Å²) in [5.41, 5.74) is 3.90. The van der Waals surface area contributed by atoms with E-state index in [1.54, 1.807) is 7.11 Å². The maximum atomic E-state index is 10.6. The van der Waals surface area contributed by atoms with E-state index in [4.69, 9.17) is 14.2 Å². The van der Waals surface area contributed by atoms with Gasteiger partial charge in [0.1, 0.15) is 5.75 Å². The summed E-state index contributed by atoms with van der Waals surface area (Å²) in [6.45, 7) is 4.94. The lowest BCUT2D eigenvalue weighted by molar-refractivity contribution is -0.0180. The summed E-state index contributed by atoms with van der Waals surface area (Å²) < 4.78 is 17.0. The molecular weight excluding hydrogens is 404 g/mol. The van der Waals surface area contributed by atoms with Crippen LogP contribution in [0.2, 0.25) is 0 Å². The summed E-state index contributed by atoms with van der Waals surface area (Å²) in [4.78, 5) is 2.44. The van der Waals surface area contributed by atoms with Gasteiger partial charge in [0.15, 0.2) is 0 Å². The topological polar surface area (TPSA) is 63.2 Å². The Labute approximate surface area is 191 Å². The third-order valence-electron chi connectivity index (χ3n) is 6.51. The van der Waals surface area contributed by atoms with E-state index in [1.165, 1.54) is 16.7 Å². The average Bonchev–Trinajstić information content (AvgIpc) is 2.86. The van der Waals surface area contributed by atoms with E-state index in [-0.39, 0.29) is 12.1 Å². The summed E-state index contributed by atoms with van der Waals surface area (Å²) in [6, 6.07) is 17.0. The smallest absolute Gasteiger partial charge is 0.118 e. The third kappa shape index (κ3) is 6.09. The lowest BCUT2D eigenvalue weighted by atomic mass is 9.89. The van der Waals surface area contributed by atoms with Crippen LogP contribution in [0.1, 0.15) is 41.7 Å². The molecule has 32 heavy (non-hydrogen) atoms. The normalized spacial score (nSPS) is 21.0. The van der Waals surface area contributed by atoms with Gasteiger partial charge in [0.25, 0.3) is 0 Å². The van der Waals surface area contributed by atoms with Crippen molar-refractivity contribution >= 4 is 0 Å². The second-order valence-electron chi connectivity index (χ2n) is 8.66. The number of rotatable bonds is 10. The predicted molar refractivity (Wildman–Crippen MR) is 125 cm³/mol. The molecule has 1 fully saturated rings. The van der Waals surface area contributed by atoms with Gasteiger partial charge in [-0.1, -0.05) is 36.4 Å². The summed E-state index contributed by atoms with van der Waals surface area (Å²) in [7, 11) is 1.69. The maximum Gasteiger partial charge on any atom is 0.118 e. The standard InChI is InChI=1S/C26H36N2O4/c1-30-23-11-9-21(10-12-23)25(28-13-15-31-16-14-28)18-27-17-22(29)19-32-26-8-4-6-20-5-2-3-7-24(20)26/h2-3,5,7,9-12,22,25-27,29H,4,6,8,13-19H2,1H3/t22-,25+,26-/m1/s1. The number of methoxy groups -OCH3 is 1. The monoisotopic (exact) mass is 440 g/mol. The van der Waals surface area contributed by atoms with Crippen LogP contribution in [0.25, 0.3) is 0 Å². The molecule has 0 aromatic heterocycles. The van der Waals surface area contributed by atoms with Crippen LogP contribution in [0.15, 0.2) is 48.5 Å². The number of aliphatic hydroxyl groups is 1. The molecule has 1 aliphatic heterocycles. The summed E-state index contributed by atoms with van der Waals surface area (Å²) >= 11 is 0. The van der Waals surface area contributed by atoms with Gasteiger partial charge >= 0.3 is 0 Å². The van der Waals surface area contributed by atoms with Gasteiger partial charge in [-0.2, -0.15) is 0 Å². The van der Waals surface area contributed by atoms with Crippen LogP contribution < -0.4 is 10.1 Å². The second kappa shape index (κ2) is 11.8. The average molecular weight is 441 g/mol. The lowest BCUT2D eigenvalue weighted by Gasteiger charge is -2.35. The number of hydrogen-bond donors (Lipinski definition) is 2. The second-order valence-corrected chi connectivity index (χ2v) is 8.66. The molecule has 6 nitrogen and oxygen atoms in total. The van der Waals surface area contributed by atoms with Crippen LogP contribution in [0.4, 0.5) is 0 Å². The Bertz CT molecular complexity index is 823. The molecule has 2 N–H and O–H groups in total. The van der Waals surface area contributed by atoms with Crippen molar-refractivity contribution in [3.8, 4) is 5.75 Å². The van der Waals surface area contributed by atoms with E-state index in [2.05, 4.69) is 46.6 Å². The van der Waals surface area contributed by atoms with Gasteiger partial charge in [0.2, 0.25) is 0 Å². The molecule has 6 heteroatoms. The Morgan fingerprint density at radius 2 is 1.88 bits per heavy atom. The van der Waals surface area contributed by atoms with Gasteiger partial charge in [-0.05, 0) is 48.1 Å². The number of aryl methyl sites for hydroxylation is 1. The third-order valence-corrected chi connectivity index (χ3v) is 6.51. The molecule has 2 aromatic rings.